The standard InChI is InChI=1S/C12H22N2O5/c1-18-11(16)7-14(8-12(17)19-2)10(9-15)5-3-4-6-13/h9-10H,3-8,13H2,1-2H3. The molecule has 0 saturated heterocycles. The van der Waals surface area contributed by atoms with Gasteiger partial charge in [-0.15, -0.1) is 0 Å². The number of methoxy groups -OCH3 is 2. The molecule has 0 heterocycles. The Labute approximate surface area is 113 Å². The van der Waals surface area contributed by atoms with Gasteiger partial charge in [-0.25, -0.2) is 0 Å². The molecule has 0 amide bonds. The minimum atomic E-state index is -0.523. The second kappa shape index (κ2) is 10.5. The fourth-order valence-electron chi connectivity index (χ4n) is 1.59. The zero-order chi connectivity index (χ0) is 14.7. The topological polar surface area (TPSA) is 98.9 Å². The van der Waals surface area contributed by atoms with Crippen LogP contribution in [0.3, 0.4) is 0 Å². The van der Waals surface area contributed by atoms with Gasteiger partial charge in [0.05, 0.1) is 33.4 Å². The zero-order valence-corrected chi connectivity index (χ0v) is 11.5. The molecular weight excluding hydrogens is 252 g/mol. The molecule has 2 N–H and O–H groups in total. The molecule has 0 aromatic heterocycles. The van der Waals surface area contributed by atoms with E-state index >= 15 is 0 Å². The Hall–Kier alpha value is -1.47. The van der Waals surface area contributed by atoms with Crippen LogP contribution in [0.25, 0.3) is 0 Å². The molecule has 1 unspecified atom stereocenters. The molecule has 0 spiro atoms. The highest BCUT2D eigenvalue weighted by molar-refractivity contribution is 5.76. The van der Waals surface area contributed by atoms with Gasteiger partial charge in [-0.05, 0) is 19.4 Å². The first-order valence-corrected chi connectivity index (χ1v) is 6.12. The van der Waals surface area contributed by atoms with Crippen LogP contribution >= 0.6 is 0 Å². The molecule has 7 nitrogen and oxygen atoms in total. The SMILES string of the molecule is COC(=O)CN(CC(=O)OC)C(C=O)CCCCN. The van der Waals surface area contributed by atoms with Crippen molar-refractivity contribution in [1.82, 2.24) is 4.90 Å². The Bertz CT molecular complexity index is 278. The number of hydrogen-bond acceptors (Lipinski definition) is 7. The van der Waals surface area contributed by atoms with E-state index in [4.69, 9.17) is 5.73 Å². The summed E-state index contributed by atoms with van der Waals surface area (Å²) in [5.41, 5.74) is 5.39. The predicted molar refractivity (Wildman–Crippen MR) is 68.4 cm³/mol. The van der Waals surface area contributed by atoms with Crippen LogP contribution in [0.4, 0.5) is 0 Å². The molecule has 0 rings (SSSR count). The van der Waals surface area contributed by atoms with Crippen molar-refractivity contribution in [1.29, 1.82) is 0 Å². The summed E-state index contributed by atoms with van der Waals surface area (Å²) >= 11 is 0. The monoisotopic (exact) mass is 274 g/mol. The van der Waals surface area contributed by atoms with E-state index in [2.05, 4.69) is 9.47 Å². The fraction of sp³-hybridized carbons (Fsp3) is 0.750. The third-order valence-electron chi connectivity index (χ3n) is 2.70. The molecule has 0 bridgehead atoms. The zero-order valence-electron chi connectivity index (χ0n) is 11.5. The Morgan fingerprint density at radius 1 is 1.16 bits per heavy atom. The number of nitrogens with two attached hydrogens (primary N) is 1. The summed E-state index contributed by atoms with van der Waals surface area (Å²) in [5, 5.41) is 0. The summed E-state index contributed by atoms with van der Waals surface area (Å²) < 4.78 is 9.10. The average Bonchev–Trinajstić information content (AvgIpc) is 2.42. The number of esters is 2. The predicted octanol–water partition coefficient (Wildman–Crippen LogP) is -0.669. The number of carbonyl (C=O) groups excluding carboxylic acids is 3. The van der Waals surface area contributed by atoms with Crippen LogP contribution in [-0.4, -0.2) is 63.0 Å². The highest BCUT2D eigenvalue weighted by Gasteiger charge is 2.23. The maximum atomic E-state index is 11.3. The van der Waals surface area contributed by atoms with Crippen molar-refractivity contribution in [3.63, 3.8) is 0 Å². The molecule has 0 aliphatic carbocycles. The van der Waals surface area contributed by atoms with Gasteiger partial charge in [0.1, 0.15) is 6.29 Å². The second-order valence-corrected chi connectivity index (χ2v) is 4.05. The van der Waals surface area contributed by atoms with Crippen molar-refractivity contribution in [2.24, 2.45) is 5.73 Å². The Kier molecular flexibility index (Phi) is 9.64. The van der Waals surface area contributed by atoms with Gasteiger partial charge in [-0.1, -0.05) is 6.42 Å². The number of aldehydes is 1. The Balaban J connectivity index is 4.59. The Morgan fingerprint density at radius 3 is 2.05 bits per heavy atom. The van der Waals surface area contributed by atoms with E-state index in [1.807, 2.05) is 0 Å². The minimum Gasteiger partial charge on any atom is -0.468 e. The van der Waals surface area contributed by atoms with E-state index in [0.29, 0.717) is 13.0 Å². The van der Waals surface area contributed by atoms with Crippen LogP contribution in [0.5, 0.6) is 0 Å². The van der Waals surface area contributed by atoms with Crippen molar-refractivity contribution in [3.8, 4) is 0 Å². The summed E-state index contributed by atoms with van der Waals surface area (Å²) in [6.07, 6.45) is 2.80. The molecule has 0 aliphatic heterocycles. The van der Waals surface area contributed by atoms with Gasteiger partial charge in [0.15, 0.2) is 0 Å². The van der Waals surface area contributed by atoms with Gasteiger partial charge in [0.25, 0.3) is 0 Å². The van der Waals surface area contributed by atoms with Gasteiger partial charge >= 0.3 is 11.9 Å². The number of hydrogen-bond donors (Lipinski definition) is 1. The normalized spacial score (nSPS) is 12.0. The van der Waals surface area contributed by atoms with Crippen LogP contribution < -0.4 is 5.73 Å². The van der Waals surface area contributed by atoms with Crippen molar-refractivity contribution in [3.05, 3.63) is 0 Å². The molecule has 0 aromatic carbocycles. The van der Waals surface area contributed by atoms with Crippen molar-refractivity contribution in [2.75, 3.05) is 33.9 Å². The maximum absolute atomic E-state index is 11.3. The molecule has 0 saturated carbocycles. The van der Waals surface area contributed by atoms with E-state index in [1.165, 1.54) is 19.1 Å². The van der Waals surface area contributed by atoms with E-state index in [-0.39, 0.29) is 13.1 Å². The van der Waals surface area contributed by atoms with Gasteiger partial charge < -0.3 is 20.0 Å². The lowest BCUT2D eigenvalue weighted by atomic mass is 10.1. The molecule has 0 aromatic rings. The lowest BCUT2D eigenvalue weighted by Crippen LogP contribution is -2.43. The van der Waals surface area contributed by atoms with E-state index in [1.54, 1.807) is 0 Å². The first-order chi connectivity index (χ1) is 9.08. The first kappa shape index (κ1) is 17.5. The minimum absolute atomic E-state index is 0.127. The second-order valence-electron chi connectivity index (χ2n) is 4.05. The first-order valence-electron chi connectivity index (χ1n) is 6.12. The largest absolute Gasteiger partial charge is 0.468 e. The van der Waals surface area contributed by atoms with Gasteiger partial charge in [-0.2, -0.15) is 0 Å². The highest BCUT2D eigenvalue weighted by atomic mass is 16.5. The lowest BCUT2D eigenvalue weighted by molar-refractivity contribution is -0.147. The van der Waals surface area contributed by atoms with Gasteiger partial charge in [0, 0.05) is 0 Å². The van der Waals surface area contributed by atoms with Crippen molar-refractivity contribution in [2.45, 2.75) is 25.3 Å². The average molecular weight is 274 g/mol. The summed E-state index contributed by atoms with van der Waals surface area (Å²) in [6.45, 7) is 0.287. The summed E-state index contributed by atoms with van der Waals surface area (Å²) in [6, 6.07) is -0.523. The van der Waals surface area contributed by atoms with Crippen molar-refractivity contribution >= 4 is 18.2 Å². The van der Waals surface area contributed by atoms with Crippen LogP contribution in [0.2, 0.25) is 0 Å². The van der Waals surface area contributed by atoms with Crippen molar-refractivity contribution < 1.29 is 23.9 Å². The molecule has 0 aliphatic rings. The molecular formula is C12H22N2O5. The molecule has 0 fully saturated rings. The lowest BCUT2D eigenvalue weighted by Gasteiger charge is -2.25. The third kappa shape index (κ3) is 7.53. The molecule has 1 atom stereocenters. The van der Waals surface area contributed by atoms with Gasteiger partial charge in [0.2, 0.25) is 0 Å². The van der Waals surface area contributed by atoms with E-state index < -0.39 is 18.0 Å². The molecule has 0 radical (unpaired) electrons. The summed E-state index contributed by atoms with van der Waals surface area (Å²) in [4.78, 5) is 35.1. The van der Waals surface area contributed by atoms with E-state index in [0.717, 1.165) is 19.1 Å². The van der Waals surface area contributed by atoms with Crippen LogP contribution in [0, 0.1) is 0 Å². The number of unbranched alkanes of at least 4 members (excludes halogenated alkanes) is 1. The summed E-state index contributed by atoms with van der Waals surface area (Å²) in [5.74, 6) is -1.01. The number of carbonyl (C=O) groups is 3. The molecule has 19 heavy (non-hydrogen) atoms. The summed E-state index contributed by atoms with van der Waals surface area (Å²) in [7, 11) is 2.51. The van der Waals surface area contributed by atoms with Gasteiger partial charge in [-0.3, -0.25) is 14.5 Å². The highest BCUT2D eigenvalue weighted by Crippen LogP contribution is 2.07. The molecule has 7 heteroatoms. The quantitative estimate of drug-likeness (QED) is 0.320. The van der Waals surface area contributed by atoms with Crippen LogP contribution in [0.15, 0.2) is 0 Å². The molecule has 110 valence electrons. The number of ether oxygens (including phenoxy) is 2. The van der Waals surface area contributed by atoms with E-state index in [9.17, 15) is 14.4 Å². The number of rotatable bonds is 10. The number of nitrogens with zero attached hydrogens (tertiary/aromatic N) is 1. The maximum Gasteiger partial charge on any atom is 0.319 e. The smallest absolute Gasteiger partial charge is 0.319 e. The fourth-order valence-corrected chi connectivity index (χ4v) is 1.59. The van der Waals surface area contributed by atoms with Crippen LogP contribution in [0.1, 0.15) is 19.3 Å². The third-order valence-corrected chi connectivity index (χ3v) is 2.70. The van der Waals surface area contributed by atoms with Crippen LogP contribution in [-0.2, 0) is 23.9 Å². The Morgan fingerprint density at radius 2 is 1.68 bits per heavy atom.